The summed E-state index contributed by atoms with van der Waals surface area (Å²) in [5.74, 6) is 0.0517. The normalized spacial score (nSPS) is 17.4. The van der Waals surface area contributed by atoms with Crippen molar-refractivity contribution in [2.75, 3.05) is 27.2 Å². The molecule has 6 heteroatoms. The van der Waals surface area contributed by atoms with Crippen LogP contribution in [-0.2, 0) is 4.79 Å². The van der Waals surface area contributed by atoms with Crippen molar-refractivity contribution in [2.45, 2.75) is 51.1 Å². The van der Waals surface area contributed by atoms with Crippen molar-refractivity contribution in [3.8, 4) is 0 Å². The van der Waals surface area contributed by atoms with E-state index < -0.39 is 0 Å². The van der Waals surface area contributed by atoms with Crippen molar-refractivity contribution in [1.82, 2.24) is 20.9 Å². The van der Waals surface area contributed by atoms with Gasteiger partial charge in [-0.05, 0) is 19.8 Å². The van der Waals surface area contributed by atoms with Gasteiger partial charge in [-0.2, -0.15) is 0 Å². The molecule has 0 radical (unpaired) electrons. The quantitative estimate of drug-likeness (QED) is 0.628. The summed E-state index contributed by atoms with van der Waals surface area (Å²) >= 11 is 0. The van der Waals surface area contributed by atoms with Gasteiger partial charge in [-0.3, -0.25) is 4.79 Å². The van der Waals surface area contributed by atoms with E-state index in [9.17, 15) is 9.59 Å². The molecule has 0 aromatic heterocycles. The van der Waals surface area contributed by atoms with Crippen molar-refractivity contribution >= 4 is 11.9 Å². The van der Waals surface area contributed by atoms with Gasteiger partial charge in [0.25, 0.3) is 0 Å². The molecule has 1 unspecified atom stereocenters. The zero-order valence-corrected chi connectivity index (χ0v) is 12.9. The summed E-state index contributed by atoms with van der Waals surface area (Å²) in [5, 5.41) is 8.96. The van der Waals surface area contributed by atoms with Crippen LogP contribution in [0.3, 0.4) is 0 Å². The predicted molar refractivity (Wildman–Crippen MR) is 79.6 cm³/mol. The van der Waals surface area contributed by atoms with Crippen LogP contribution in [0.4, 0.5) is 4.79 Å². The second-order valence-corrected chi connectivity index (χ2v) is 5.65. The number of urea groups is 1. The van der Waals surface area contributed by atoms with Crippen molar-refractivity contribution < 1.29 is 9.59 Å². The summed E-state index contributed by atoms with van der Waals surface area (Å²) in [6.07, 6.45) is 5.90. The Kier molecular flexibility index (Phi) is 7.36. The highest BCUT2D eigenvalue weighted by molar-refractivity contribution is 5.81. The van der Waals surface area contributed by atoms with E-state index in [4.69, 9.17) is 0 Å². The third kappa shape index (κ3) is 6.23. The summed E-state index contributed by atoms with van der Waals surface area (Å²) in [5.41, 5.74) is 0. The van der Waals surface area contributed by atoms with E-state index in [0.29, 0.717) is 19.1 Å². The van der Waals surface area contributed by atoms with Crippen LogP contribution in [0, 0.1) is 0 Å². The monoisotopic (exact) mass is 284 g/mol. The first-order valence-corrected chi connectivity index (χ1v) is 7.49. The molecule has 1 atom stereocenters. The van der Waals surface area contributed by atoms with Gasteiger partial charge in [-0.15, -0.1) is 0 Å². The molecule has 1 rings (SSSR count). The fourth-order valence-corrected chi connectivity index (χ4v) is 2.28. The lowest BCUT2D eigenvalue weighted by Crippen LogP contribution is -2.48. The van der Waals surface area contributed by atoms with Crippen LogP contribution in [-0.4, -0.2) is 56.1 Å². The number of carbonyl (C=O) groups excluding carboxylic acids is 2. The van der Waals surface area contributed by atoms with Gasteiger partial charge in [0.15, 0.2) is 0 Å². The van der Waals surface area contributed by atoms with Crippen LogP contribution in [0.25, 0.3) is 0 Å². The molecule has 0 aromatic carbocycles. The molecule has 0 bridgehead atoms. The molecule has 3 amide bonds. The van der Waals surface area contributed by atoms with Gasteiger partial charge in [-0.25, -0.2) is 4.79 Å². The maximum Gasteiger partial charge on any atom is 0.316 e. The highest BCUT2D eigenvalue weighted by Crippen LogP contribution is 2.17. The lowest BCUT2D eigenvalue weighted by Gasteiger charge is -2.24. The molecule has 0 saturated heterocycles. The van der Waals surface area contributed by atoms with Gasteiger partial charge in [-0.1, -0.05) is 19.3 Å². The Hall–Kier alpha value is -1.30. The Morgan fingerprint density at radius 1 is 1.15 bits per heavy atom. The number of nitrogens with zero attached hydrogens (tertiary/aromatic N) is 1. The molecular weight excluding hydrogens is 256 g/mol. The summed E-state index contributed by atoms with van der Waals surface area (Å²) in [6.45, 7) is 2.95. The third-order valence-electron chi connectivity index (χ3n) is 3.60. The number of hydrogen-bond acceptors (Lipinski definition) is 3. The molecule has 0 aromatic rings. The van der Waals surface area contributed by atoms with E-state index in [1.807, 2.05) is 6.92 Å². The molecule has 1 fully saturated rings. The minimum Gasteiger partial charge on any atom is -0.352 e. The molecule has 6 nitrogen and oxygen atoms in total. The molecular formula is C14H28N4O2. The fourth-order valence-electron chi connectivity index (χ4n) is 2.28. The fraction of sp³-hybridized carbons (Fsp3) is 0.857. The van der Waals surface area contributed by atoms with Gasteiger partial charge in [0.1, 0.15) is 0 Å². The van der Waals surface area contributed by atoms with Gasteiger partial charge >= 0.3 is 6.03 Å². The Morgan fingerprint density at radius 2 is 1.80 bits per heavy atom. The Morgan fingerprint density at radius 3 is 2.40 bits per heavy atom. The largest absolute Gasteiger partial charge is 0.352 e. The second kappa shape index (κ2) is 8.79. The van der Waals surface area contributed by atoms with E-state index in [2.05, 4.69) is 16.0 Å². The number of hydrogen-bond donors (Lipinski definition) is 3. The zero-order chi connectivity index (χ0) is 15.0. The summed E-state index contributed by atoms with van der Waals surface area (Å²) in [7, 11) is 3.39. The van der Waals surface area contributed by atoms with Crippen molar-refractivity contribution in [1.29, 1.82) is 0 Å². The van der Waals surface area contributed by atoms with E-state index in [1.165, 1.54) is 24.2 Å². The Labute approximate surface area is 121 Å². The smallest absolute Gasteiger partial charge is 0.316 e. The summed E-state index contributed by atoms with van der Waals surface area (Å²) < 4.78 is 0. The van der Waals surface area contributed by atoms with E-state index in [1.54, 1.807) is 14.1 Å². The van der Waals surface area contributed by atoms with E-state index in [0.717, 1.165) is 12.8 Å². The van der Waals surface area contributed by atoms with Crippen molar-refractivity contribution in [3.63, 3.8) is 0 Å². The van der Waals surface area contributed by atoms with Gasteiger partial charge in [0.2, 0.25) is 5.91 Å². The highest BCUT2D eigenvalue weighted by Gasteiger charge is 2.19. The first kappa shape index (κ1) is 16.8. The summed E-state index contributed by atoms with van der Waals surface area (Å²) in [4.78, 5) is 24.8. The molecule has 1 saturated carbocycles. The zero-order valence-electron chi connectivity index (χ0n) is 12.9. The molecule has 1 aliphatic rings. The average Bonchev–Trinajstić information content (AvgIpc) is 2.43. The van der Waals surface area contributed by atoms with Crippen LogP contribution in [0.2, 0.25) is 0 Å². The second-order valence-electron chi connectivity index (χ2n) is 5.65. The Bertz CT molecular complexity index is 314. The lowest BCUT2D eigenvalue weighted by atomic mass is 9.95. The molecule has 1 aliphatic carbocycles. The first-order chi connectivity index (χ1) is 9.50. The molecule has 3 N–H and O–H groups in total. The third-order valence-corrected chi connectivity index (χ3v) is 3.60. The topological polar surface area (TPSA) is 73.5 Å². The standard InChI is InChI=1S/C14H28N4O2/c1-11(15-9-10-16-14(20)18(2)3)13(19)17-12-7-5-4-6-8-12/h11-12,15H,4-10H2,1-3H3,(H,16,20)(H,17,19). The maximum atomic E-state index is 12.0. The SMILES string of the molecule is CC(NCCNC(=O)N(C)C)C(=O)NC1CCCCC1. The van der Waals surface area contributed by atoms with Crippen LogP contribution < -0.4 is 16.0 Å². The summed E-state index contributed by atoms with van der Waals surface area (Å²) in [6, 6.07) is -0.00626. The number of nitrogens with one attached hydrogen (secondary N) is 3. The number of carbonyl (C=O) groups is 2. The lowest BCUT2D eigenvalue weighted by molar-refractivity contribution is -0.123. The molecule has 0 aliphatic heterocycles. The van der Waals surface area contributed by atoms with Gasteiger partial charge in [0, 0.05) is 33.2 Å². The first-order valence-electron chi connectivity index (χ1n) is 7.49. The van der Waals surface area contributed by atoms with Gasteiger partial charge < -0.3 is 20.9 Å². The van der Waals surface area contributed by atoms with E-state index >= 15 is 0 Å². The van der Waals surface area contributed by atoms with Crippen LogP contribution >= 0.6 is 0 Å². The molecule has 20 heavy (non-hydrogen) atoms. The van der Waals surface area contributed by atoms with E-state index in [-0.39, 0.29) is 18.0 Å². The Balaban J connectivity index is 2.13. The average molecular weight is 284 g/mol. The number of rotatable bonds is 6. The van der Waals surface area contributed by atoms with Crippen LogP contribution in [0.15, 0.2) is 0 Å². The van der Waals surface area contributed by atoms with Gasteiger partial charge in [0.05, 0.1) is 6.04 Å². The number of amides is 3. The minimum atomic E-state index is -0.229. The van der Waals surface area contributed by atoms with Crippen LogP contribution in [0.1, 0.15) is 39.0 Å². The van der Waals surface area contributed by atoms with Crippen molar-refractivity contribution in [3.05, 3.63) is 0 Å². The van der Waals surface area contributed by atoms with Crippen molar-refractivity contribution in [2.24, 2.45) is 0 Å². The molecule has 0 heterocycles. The molecule has 0 spiro atoms. The highest BCUT2D eigenvalue weighted by atomic mass is 16.2. The molecule has 116 valence electrons. The predicted octanol–water partition coefficient (Wildman–Crippen LogP) is 0.685. The maximum absolute atomic E-state index is 12.0. The van der Waals surface area contributed by atoms with Crippen LogP contribution in [0.5, 0.6) is 0 Å². The minimum absolute atomic E-state index is 0.0517.